The number of anilines is 1. The molecule has 2 aliphatic rings. The van der Waals surface area contributed by atoms with E-state index in [1.54, 1.807) is 0 Å². The number of nitrogens with zero attached hydrogens (tertiary/aromatic N) is 2. The summed E-state index contributed by atoms with van der Waals surface area (Å²) in [5, 5.41) is 12.6. The van der Waals surface area contributed by atoms with E-state index in [1.165, 1.54) is 23.2 Å². The quantitative estimate of drug-likeness (QED) is 0.363. The maximum absolute atomic E-state index is 12.3. The lowest BCUT2D eigenvalue weighted by molar-refractivity contribution is -0.150. The number of nitrogens with one attached hydrogen (secondary N) is 1. The van der Waals surface area contributed by atoms with E-state index in [1.807, 2.05) is 0 Å². The van der Waals surface area contributed by atoms with Crippen LogP contribution in [-0.2, 0) is 14.4 Å². The Hall–Kier alpha value is -2.66. The summed E-state index contributed by atoms with van der Waals surface area (Å²) >= 11 is 2.30. The van der Waals surface area contributed by atoms with Crippen LogP contribution in [-0.4, -0.2) is 55.7 Å². The molecule has 3 heterocycles. The number of aromatic nitrogens is 1. The lowest BCUT2D eigenvalue weighted by Gasteiger charge is -2.49. The molecule has 1 aromatic rings. The Morgan fingerprint density at radius 2 is 2.20 bits per heavy atom. The third-order valence-electron chi connectivity index (χ3n) is 3.69. The maximum atomic E-state index is 12.3. The van der Waals surface area contributed by atoms with Gasteiger partial charge in [0, 0.05) is 11.1 Å². The molecule has 4 N–H and O–H groups in total. The van der Waals surface area contributed by atoms with Gasteiger partial charge < -0.3 is 16.2 Å². The van der Waals surface area contributed by atoms with Gasteiger partial charge in [-0.15, -0.1) is 23.1 Å². The molecule has 1 saturated heterocycles. The van der Waals surface area contributed by atoms with Crippen LogP contribution in [0.4, 0.5) is 5.13 Å². The van der Waals surface area contributed by atoms with Crippen LogP contribution in [0.1, 0.15) is 10.5 Å². The monoisotopic (exact) mass is 380 g/mol. The summed E-state index contributed by atoms with van der Waals surface area (Å²) in [5.41, 5.74) is 5.61. The first-order chi connectivity index (χ1) is 11.8. The summed E-state index contributed by atoms with van der Waals surface area (Å²) in [6.45, 7) is 3.55. The Labute approximate surface area is 149 Å². The molecule has 0 aromatic carbocycles. The van der Waals surface area contributed by atoms with Gasteiger partial charge in [-0.2, -0.15) is 0 Å². The number of amides is 2. The van der Waals surface area contributed by atoms with Crippen LogP contribution in [0, 0.1) is 0 Å². The van der Waals surface area contributed by atoms with Crippen molar-refractivity contribution in [2.24, 2.45) is 0 Å². The summed E-state index contributed by atoms with van der Waals surface area (Å²) in [5.74, 6) is -3.39. The van der Waals surface area contributed by atoms with Crippen LogP contribution in [0.25, 0.3) is 0 Å². The molecule has 1 fully saturated rings. The zero-order chi connectivity index (χ0) is 18.3. The average Bonchev–Trinajstić information content (AvgIpc) is 3.03. The van der Waals surface area contributed by atoms with Crippen molar-refractivity contribution in [3.05, 3.63) is 35.0 Å². The first-order valence-electron chi connectivity index (χ1n) is 6.95. The molecule has 9 nitrogen and oxygen atoms in total. The molecule has 0 saturated carbocycles. The molecule has 3 rings (SSSR count). The number of allylic oxidation sites excluding steroid dienone is 1. The summed E-state index contributed by atoms with van der Waals surface area (Å²) in [6.07, 6.45) is 1.39. The van der Waals surface area contributed by atoms with E-state index >= 15 is 0 Å². The van der Waals surface area contributed by atoms with Crippen molar-refractivity contribution in [3.8, 4) is 0 Å². The van der Waals surface area contributed by atoms with Crippen molar-refractivity contribution in [2.45, 2.75) is 11.4 Å². The molecule has 0 bridgehead atoms. The van der Waals surface area contributed by atoms with Gasteiger partial charge in [-0.3, -0.25) is 19.3 Å². The summed E-state index contributed by atoms with van der Waals surface area (Å²) < 4.78 is 0. The Bertz CT molecular complexity index is 846. The van der Waals surface area contributed by atoms with Crippen LogP contribution in [0.2, 0.25) is 0 Å². The fourth-order valence-electron chi connectivity index (χ4n) is 2.51. The molecule has 0 radical (unpaired) electrons. The number of thiazole rings is 1. The number of carbonyl (C=O) groups excluding carboxylic acids is 3. The van der Waals surface area contributed by atoms with Gasteiger partial charge in [0.1, 0.15) is 22.8 Å². The number of nitrogen functional groups attached to an aromatic ring is 1. The van der Waals surface area contributed by atoms with Crippen molar-refractivity contribution < 1.29 is 24.3 Å². The fourth-order valence-corrected chi connectivity index (χ4v) is 4.40. The molecule has 11 heteroatoms. The topological polar surface area (TPSA) is 143 Å². The molecule has 0 spiro atoms. The molecule has 2 amide bonds. The van der Waals surface area contributed by atoms with Gasteiger partial charge in [-0.05, 0) is 5.57 Å². The van der Waals surface area contributed by atoms with Gasteiger partial charge in [0.25, 0.3) is 17.6 Å². The van der Waals surface area contributed by atoms with Crippen molar-refractivity contribution in [1.29, 1.82) is 0 Å². The second-order valence-electron chi connectivity index (χ2n) is 5.14. The maximum Gasteiger partial charge on any atom is 0.352 e. The van der Waals surface area contributed by atoms with Crippen LogP contribution in [0.3, 0.4) is 0 Å². The number of β-lactam (4-membered cyclic amide) rings is 1. The zero-order valence-corrected chi connectivity index (χ0v) is 14.2. The number of aliphatic carboxylic acids is 1. The molecule has 0 aliphatic carbocycles. The van der Waals surface area contributed by atoms with Crippen molar-refractivity contribution >= 4 is 51.8 Å². The average molecular weight is 380 g/mol. The van der Waals surface area contributed by atoms with E-state index in [4.69, 9.17) is 5.73 Å². The van der Waals surface area contributed by atoms with E-state index in [2.05, 4.69) is 16.9 Å². The van der Waals surface area contributed by atoms with Gasteiger partial charge in [0.2, 0.25) is 0 Å². The van der Waals surface area contributed by atoms with Crippen molar-refractivity contribution in [1.82, 2.24) is 15.2 Å². The third-order valence-corrected chi connectivity index (χ3v) is 5.67. The summed E-state index contributed by atoms with van der Waals surface area (Å²) in [4.78, 5) is 52.6. The number of Topliss-reactive ketones (excluding diaryl/α,β-unsaturated/α-hetero) is 1. The largest absolute Gasteiger partial charge is 0.477 e. The molecule has 1 aromatic heterocycles. The number of ketones is 1. The van der Waals surface area contributed by atoms with E-state index in [0.29, 0.717) is 11.3 Å². The van der Waals surface area contributed by atoms with Gasteiger partial charge in [0.15, 0.2) is 5.13 Å². The van der Waals surface area contributed by atoms with Crippen molar-refractivity contribution in [3.63, 3.8) is 0 Å². The van der Waals surface area contributed by atoms with Gasteiger partial charge in [-0.25, -0.2) is 9.78 Å². The third kappa shape index (κ3) is 2.81. The molecular formula is C14H12N4O5S2. The highest BCUT2D eigenvalue weighted by Gasteiger charge is 2.54. The normalized spacial score (nSPS) is 22.1. The Kier molecular flexibility index (Phi) is 4.35. The SMILES string of the molecule is C=CC1=C(C(=O)O)N2C(=O)[C@@H](NC(=O)C(=O)c3csc(N)n3)[C@H]2SC1. The Morgan fingerprint density at radius 1 is 1.48 bits per heavy atom. The molecule has 130 valence electrons. The number of hydrogen-bond donors (Lipinski definition) is 3. The number of carboxylic acid groups (broad SMARTS) is 1. The molecule has 25 heavy (non-hydrogen) atoms. The number of carbonyl (C=O) groups is 4. The lowest BCUT2D eigenvalue weighted by Crippen LogP contribution is -2.71. The first-order valence-corrected chi connectivity index (χ1v) is 8.87. The van der Waals surface area contributed by atoms with Crippen LogP contribution in [0.5, 0.6) is 0 Å². The second kappa shape index (κ2) is 6.33. The number of fused-ring (bicyclic) bond motifs is 1. The zero-order valence-electron chi connectivity index (χ0n) is 12.6. The number of nitrogens with two attached hydrogens (primary N) is 1. The molecular weight excluding hydrogens is 368 g/mol. The van der Waals surface area contributed by atoms with Crippen LogP contribution < -0.4 is 11.1 Å². The number of hydrogen-bond acceptors (Lipinski definition) is 8. The summed E-state index contributed by atoms with van der Waals surface area (Å²) in [6, 6.07) is -0.974. The molecule has 2 atom stereocenters. The highest BCUT2D eigenvalue weighted by Crippen LogP contribution is 2.40. The van der Waals surface area contributed by atoms with Gasteiger partial charge in [0.05, 0.1) is 0 Å². The van der Waals surface area contributed by atoms with E-state index in [-0.39, 0.29) is 16.5 Å². The minimum absolute atomic E-state index is 0.0972. The van der Waals surface area contributed by atoms with Gasteiger partial charge >= 0.3 is 5.97 Å². The minimum atomic E-state index is -1.24. The van der Waals surface area contributed by atoms with E-state index in [0.717, 1.165) is 16.2 Å². The Balaban J connectivity index is 1.75. The lowest BCUT2D eigenvalue weighted by atomic mass is 10.0. The van der Waals surface area contributed by atoms with Crippen LogP contribution in [0.15, 0.2) is 29.3 Å². The number of rotatable bonds is 5. The van der Waals surface area contributed by atoms with E-state index in [9.17, 15) is 24.3 Å². The predicted octanol–water partition coefficient (Wildman–Crippen LogP) is -0.167. The minimum Gasteiger partial charge on any atom is -0.477 e. The Morgan fingerprint density at radius 3 is 2.76 bits per heavy atom. The fraction of sp³-hybridized carbons (Fsp3) is 0.214. The molecule has 2 aliphatic heterocycles. The number of thioether (sulfide) groups is 1. The smallest absolute Gasteiger partial charge is 0.352 e. The first kappa shape index (κ1) is 17.2. The number of carboxylic acids is 1. The summed E-state index contributed by atoms with van der Waals surface area (Å²) in [7, 11) is 0. The van der Waals surface area contributed by atoms with E-state index < -0.39 is 35.0 Å². The highest BCUT2D eigenvalue weighted by molar-refractivity contribution is 8.00. The molecule has 0 unspecified atom stereocenters. The highest BCUT2D eigenvalue weighted by atomic mass is 32.2. The second-order valence-corrected chi connectivity index (χ2v) is 7.14. The van der Waals surface area contributed by atoms with Crippen molar-refractivity contribution in [2.75, 3.05) is 11.5 Å². The van der Waals surface area contributed by atoms with Crippen LogP contribution >= 0.6 is 23.1 Å². The predicted molar refractivity (Wildman–Crippen MR) is 90.7 cm³/mol. The standard InChI is InChI=1S/C14H12N4O5S2/c1-2-5-3-24-12-7(11(21)18(12)8(5)13(22)23)17-10(20)9(19)6-4-25-14(15)16-6/h2,4,7,12H,1,3H2,(H2,15,16)(H,17,20)(H,22,23)/t7-,12-/m1/s1. The van der Waals surface area contributed by atoms with Gasteiger partial charge in [-0.1, -0.05) is 12.7 Å².